The highest BCUT2D eigenvalue weighted by Crippen LogP contribution is 2.33. The van der Waals surface area contributed by atoms with Crippen molar-refractivity contribution < 1.29 is 9.53 Å². The standard InChI is InChI=1S/C13H15ClINO2/c1-13(2,3)18-12(17)16-6-8-4-5-10(15)11(14)9(8)7-16/h4-5H,6-7H2,1-3H3. The van der Waals surface area contributed by atoms with Gasteiger partial charge in [0.05, 0.1) is 11.6 Å². The van der Waals surface area contributed by atoms with E-state index in [1.165, 1.54) is 0 Å². The van der Waals surface area contributed by atoms with Crippen molar-refractivity contribution in [1.29, 1.82) is 0 Å². The van der Waals surface area contributed by atoms with E-state index in [1.807, 2.05) is 32.9 Å². The van der Waals surface area contributed by atoms with Gasteiger partial charge in [0.25, 0.3) is 0 Å². The second-order valence-electron chi connectivity index (χ2n) is 5.34. The van der Waals surface area contributed by atoms with E-state index < -0.39 is 5.60 Å². The Kier molecular flexibility index (Phi) is 3.78. The van der Waals surface area contributed by atoms with Crippen molar-refractivity contribution in [3.8, 4) is 0 Å². The van der Waals surface area contributed by atoms with E-state index >= 15 is 0 Å². The topological polar surface area (TPSA) is 29.5 Å². The number of amides is 1. The highest BCUT2D eigenvalue weighted by molar-refractivity contribution is 14.1. The molecule has 0 saturated carbocycles. The van der Waals surface area contributed by atoms with Crippen molar-refractivity contribution in [2.45, 2.75) is 39.5 Å². The third-order valence-corrected chi connectivity index (χ3v) is 4.30. The van der Waals surface area contributed by atoms with Crippen molar-refractivity contribution in [2.75, 3.05) is 0 Å². The third kappa shape index (κ3) is 2.91. The van der Waals surface area contributed by atoms with Gasteiger partial charge in [0.2, 0.25) is 0 Å². The van der Waals surface area contributed by atoms with Gasteiger partial charge in [-0.2, -0.15) is 0 Å². The molecule has 0 bridgehead atoms. The quantitative estimate of drug-likeness (QED) is 0.633. The SMILES string of the molecule is CC(C)(C)OC(=O)N1Cc2ccc(I)c(Cl)c2C1. The van der Waals surface area contributed by atoms with Gasteiger partial charge in [-0.3, -0.25) is 4.90 Å². The molecule has 0 aromatic heterocycles. The number of nitrogens with zero attached hydrogens (tertiary/aromatic N) is 1. The number of hydrogen-bond acceptors (Lipinski definition) is 2. The van der Waals surface area contributed by atoms with E-state index in [9.17, 15) is 4.79 Å². The predicted molar refractivity (Wildman–Crippen MR) is 79.7 cm³/mol. The summed E-state index contributed by atoms with van der Waals surface area (Å²) in [6.45, 7) is 6.69. The molecule has 1 heterocycles. The molecule has 1 aliphatic rings. The number of carbonyl (C=O) groups excluding carboxylic acids is 1. The highest BCUT2D eigenvalue weighted by atomic mass is 127. The van der Waals surface area contributed by atoms with Crippen LogP contribution in [0.5, 0.6) is 0 Å². The second-order valence-corrected chi connectivity index (χ2v) is 6.88. The van der Waals surface area contributed by atoms with E-state index in [-0.39, 0.29) is 6.09 Å². The van der Waals surface area contributed by atoms with Gasteiger partial charge in [-0.25, -0.2) is 4.79 Å². The third-order valence-electron chi connectivity index (χ3n) is 2.65. The first-order chi connectivity index (χ1) is 8.28. The summed E-state index contributed by atoms with van der Waals surface area (Å²) in [5, 5.41) is 0.749. The van der Waals surface area contributed by atoms with Crippen LogP contribution in [0.1, 0.15) is 31.9 Å². The predicted octanol–water partition coefficient (Wildman–Crippen LogP) is 4.20. The molecule has 3 nitrogen and oxygen atoms in total. The summed E-state index contributed by atoms with van der Waals surface area (Å²) in [5.41, 5.74) is 1.67. The first-order valence-electron chi connectivity index (χ1n) is 5.71. The zero-order chi connectivity index (χ0) is 13.5. The minimum absolute atomic E-state index is 0.287. The smallest absolute Gasteiger partial charge is 0.410 e. The van der Waals surface area contributed by atoms with Crippen LogP contribution < -0.4 is 0 Å². The molecule has 2 rings (SSSR count). The molecule has 0 saturated heterocycles. The van der Waals surface area contributed by atoms with E-state index in [1.54, 1.807) is 4.90 Å². The van der Waals surface area contributed by atoms with E-state index in [0.29, 0.717) is 13.1 Å². The lowest BCUT2D eigenvalue weighted by Crippen LogP contribution is -2.33. The molecule has 0 N–H and O–H groups in total. The lowest BCUT2D eigenvalue weighted by Gasteiger charge is -2.24. The van der Waals surface area contributed by atoms with Gasteiger partial charge in [0.1, 0.15) is 5.60 Å². The Labute approximate surface area is 126 Å². The summed E-state index contributed by atoms with van der Waals surface area (Å²) in [6, 6.07) is 3.99. The second kappa shape index (κ2) is 4.89. The Morgan fingerprint density at radius 2 is 2.06 bits per heavy atom. The minimum Gasteiger partial charge on any atom is -0.444 e. The van der Waals surface area contributed by atoms with Gasteiger partial charge in [-0.1, -0.05) is 17.7 Å². The summed E-state index contributed by atoms with van der Waals surface area (Å²) in [4.78, 5) is 13.7. The van der Waals surface area contributed by atoms with Crippen molar-refractivity contribution in [3.63, 3.8) is 0 Å². The average molecular weight is 380 g/mol. The van der Waals surface area contributed by atoms with Crippen molar-refractivity contribution >= 4 is 40.3 Å². The van der Waals surface area contributed by atoms with Crippen LogP contribution in [0.3, 0.4) is 0 Å². The van der Waals surface area contributed by atoms with Crippen LogP contribution in [0, 0.1) is 3.57 Å². The lowest BCUT2D eigenvalue weighted by atomic mass is 10.1. The molecule has 1 aliphatic heterocycles. The van der Waals surface area contributed by atoms with Crippen molar-refractivity contribution in [2.24, 2.45) is 0 Å². The Balaban J connectivity index is 2.15. The van der Waals surface area contributed by atoms with Crippen LogP contribution in [0.15, 0.2) is 12.1 Å². The molecule has 1 aromatic carbocycles. The monoisotopic (exact) mass is 379 g/mol. The van der Waals surface area contributed by atoms with Gasteiger partial charge in [-0.05, 0) is 60.6 Å². The summed E-state index contributed by atoms with van der Waals surface area (Å²) in [6.07, 6.45) is -0.287. The van der Waals surface area contributed by atoms with Gasteiger partial charge in [0.15, 0.2) is 0 Å². The van der Waals surface area contributed by atoms with Gasteiger partial charge in [-0.15, -0.1) is 0 Å². The highest BCUT2D eigenvalue weighted by Gasteiger charge is 2.29. The molecule has 0 atom stereocenters. The molecule has 0 fully saturated rings. The fourth-order valence-electron chi connectivity index (χ4n) is 1.86. The van der Waals surface area contributed by atoms with Crippen molar-refractivity contribution in [1.82, 2.24) is 4.90 Å². The first-order valence-corrected chi connectivity index (χ1v) is 7.17. The fraction of sp³-hybridized carbons (Fsp3) is 0.462. The number of rotatable bonds is 0. The van der Waals surface area contributed by atoms with Gasteiger partial charge < -0.3 is 4.74 Å². The van der Waals surface area contributed by atoms with Crippen LogP contribution in [0.4, 0.5) is 4.79 Å². The zero-order valence-electron chi connectivity index (χ0n) is 10.6. The van der Waals surface area contributed by atoms with Gasteiger partial charge >= 0.3 is 6.09 Å². The number of fused-ring (bicyclic) bond motifs is 1. The number of ether oxygens (including phenoxy) is 1. The molecule has 1 aromatic rings. The molecular weight excluding hydrogens is 365 g/mol. The molecule has 1 amide bonds. The Bertz CT molecular complexity index is 496. The van der Waals surface area contributed by atoms with Crippen LogP contribution >= 0.6 is 34.2 Å². The number of halogens is 2. The fourth-order valence-corrected chi connectivity index (χ4v) is 2.61. The van der Waals surface area contributed by atoms with Gasteiger partial charge in [0, 0.05) is 10.1 Å². The van der Waals surface area contributed by atoms with E-state index in [0.717, 1.165) is 19.7 Å². The van der Waals surface area contributed by atoms with E-state index in [2.05, 4.69) is 22.6 Å². The summed E-state index contributed by atoms with van der Waals surface area (Å²) >= 11 is 8.45. The van der Waals surface area contributed by atoms with Crippen LogP contribution in [0.25, 0.3) is 0 Å². The largest absolute Gasteiger partial charge is 0.444 e. The minimum atomic E-state index is -0.468. The Hall–Kier alpha value is -0.490. The lowest BCUT2D eigenvalue weighted by molar-refractivity contribution is 0.0242. The summed E-state index contributed by atoms with van der Waals surface area (Å²) in [5.74, 6) is 0. The normalized spacial score (nSPS) is 14.6. The molecule has 0 aliphatic carbocycles. The van der Waals surface area contributed by atoms with Crippen LogP contribution in [-0.4, -0.2) is 16.6 Å². The maximum Gasteiger partial charge on any atom is 0.410 e. The summed E-state index contributed by atoms with van der Waals surface area (Å²) < 4.78 is 6.38. The van der Waals surface area contributed by atoms with Crippen LogP contribution in [-0.2, 0) is 17.8 Å². The maximum atomic E-state index is 12.0. The number of carbonyl (C=O) groups is 1. The maximum absolute atomic E-state index is 12.0. The molecule has 0 spiro atoms. The molecule has 0 radical (unpaired) electrons. The Morgan fingerprint density at radius 3 is 2.67 bits per heavy atom. The van der Waals surface area contributed by atoms with E-state index in [4.69, 9.17) is 16.3 Å². The molecule has 98 valence electrons. The molecule has 5 heteroatoms. The number of hydrogen-bond donors (Lipinski definition) is 0. The first kappa shape index (κ1) is 13.9. The molecule has 0 unspecified atom stereocenters. The zero-order valence-corrected chi connectivity index (χ0v) is 13.5. The van der Waals surface area contributed by atoms with Crippen molar-refractivity contribution in [3.05, 3.63) is 31.9 Å². The number of benzene rings is 1. The molecular formula is C13H15ClINO2. The average Bonchev–Trinajstić information content (AvgIpc) is 2.66. The molecule has 18 heavy (non-hydrogen) atoms. The Morgan fingerprint density at radius 1 is 1.39 bits per heavy atom. The summed E-state index contributed by atoms with van der Waals surface area (Å²) in [7, 11) is 0. The van der Waals surface area contributed by atoms with Crippen LogP contribution in [0.2, 0.25) is 5.02 Å².